The maximum Gasteiger partial charge on any atom is 0.0593 e. The van der Waals surface area contributed by atoms with Gasteiger partial charge in [0, 0.05) is 31.8 Å². The van der Waals surface area contributed by atoms with Gasteiger partial charge >= 0.3 is 0 Å². The standard InChI is InChI=1S/C14H28N2O/c1-2-3-10-17-11-9-16(14-6-7-14)12-13-5-4-8-15-13/h13-15H,2-12H2,1H3. The first kappa shape index (κ1) is 13.3. The van der Waals surface area contributed by atoms with Gasteiger partial charge in [0.05, 0.1) is 6.61 Å². The Bertz CT molecular complexity index is 200. The topological polar surface area (TPSA) is 24.5 Å². The van der Waals surface area contributed by atoms with Crippen LogP contribution in [0.25, 0.3) is 0 Å². The van der Waals surface area contributed by atoms with Gasteiger partial charge in [0.2, 0.25) is 0 Å². The van der Waals surface area contributed by atoms with Crippen molar-refractivity contribution in [3.63, 3.8) is 0 Å². The highest BCUT2D eigenvalue weighted by atomic mass is 16.5. The summed E-state index contributed by atoms with van der Waals surface area (Å²) < 4.78 is 5.68. The summed E-state index contributed by atoms with van der Waals surface area (Å²) in [4.78, 5) is 2.65. The maximum atomic E-state index is 5.68. The maximum absolute atomic E-state index is 5.68. The zero-order valence-corrected chi connectivity index (χ0v) is 11.3. The van der Waals surface area contributed by atoms with E-state index in [1.54, 1.807) is 0 Å². The molecule has 0 amide bonds. The number of nitrogens with zero attached hydrogens (tertiary/aromatic N) is 1. The lowest BCUT2D eigenvalue weighted by molar-refractivity contribution is 0.0957. The summed E-state index contributed by atoms with van der Waals surface area (Å²) >= 11 is 0. The van der Waals surface area contributed by atoms with Gasteiger partial charge in [-0.15, -0.1) is 0 Å². The number of nitrogens with one attached hydrogen (secondary N) is 1. The Morgan fingerprint density at radius 2 is 2.12 bits per heavy atom. The predicted octanol–water partition coefficient (Wildman–Crippen LogP) is 2.02. The first-order valence-electron chi connectivity index (χ1n) is 7.45. The molecule has 1 atom stereocenters. The smallest absolute Gasteiger partial charge is 0.0593 e. The van der Waals surface area contributed by atoms with Crippen LogP contribution >= 0.6 is 0 Å². The van der Waals surface area contributed by atoms with Gasteiger partial charge in [0.15, 0.2) is 0 Å². The van der Waals surface area contributed by atoms with E-state index in [1.807, 2.05) is 0 Å². The summed E-state index contributed by atoms with van der Waals surface area (Å²) in [7, 11) is 0. The summed E-state index contributed by atoms with van der Waals surface area (Å²) in [5, 5.41) is 3.60. The lowest BCUT2D eigenvalue weighted by Gasteiger charge is -2.25. The van der Waals surface area contributed by atoms with Crippen LogP contribution in [0.4, 0.5) is 0 Å². The predicted molar refractivity (Wildman–Crippen MR) is 71.3 cm³/mol. The molecule has 3 heteroatoms. The van der Waals surface area contributed by atoms with Gasteiger partial charge in [-0.25, -0.2) is 0 Å². The van der Waals surface area contributed by atoms with Crippen LogP contribution in [0.5, 0.6) is 0 Å². The molecule has 2 rings (SSSR count). The molecule has 0 aromatic carbocycles. The highest BCUT2D eigenvalue weighted by molar-refractivity contribution is 4.88. The highest BCUT2D eigenvalue weighted by Gasteiger charge is 2.30. The second-order valence-electron chi connectivity index (χ2n) is 5.49. The van der Waals surface area contributed by atoms with Crippen molar-refractivity contribution in [2.24, 2.45) is 0 Å². The molecule has 1 aliphatic carbocycles. The van der Waals surface area contributed by atoms with Crippen LogP contribution in [0.3, 0.4) is 0 Å². The fraction of sp³-hybridized carbons (Fsp3) is 1.00. The molecule has 1 saturated carbocycles. The molecule has 1 aliphatic heterocycles. The van der Waals surface area contributed by atoms with E-state index >= 15 is 0 Å². The summed E-state index contributed by atoms with van der Waals surface area (Å²) in [5.74, 6) is 0. The van der Waals surface area contributed by atoms with Crippen LogP contribution in [-0.2, 0) is 4.74 Å². The molecule has 0 bridgehead atoms. The molecule has 1 saturated heterocycles. The first-order chi connectivity index (χ1) is 8.40. The van der Waals surface area contributed by atoms with Crippen molar-refractivity contribution in [1.82, 2.24) is 10.2 Å². The number of unbranched alkanes of at least 4 members (excludes halogenated alkanes) is 1. The molecule has 3 nitrogen and oxygen atoms in total. The Labute approximate surface area is 106 Å². The largest absolute Gasteiger partial charge is 0.380 e. The fourth-order valence-electron chi connectivity index (χ4n) is 2.59. The molecule has 1 heterocycles. The lowest BCUT2D eigenvalue weighted by Crippen LogP contribution is -2.40. The van der Waals surface area contributed by atoms with Crippen molar-refractivity contribution in [3.05, 3.63) is 0 Å². The Morgan fingerprint density at radius 1 is 1.24 bits per heavy atom. The molecule has 0 aromatic rings. The van der Waals surface area contributed by atoms with Crippen molar-refractivity contribution >= 4 is 0 Å². The van der Waals surface area contributed by atoms with E-state index in [0.717, 1.165) is 31.8 Å². The van der Waals surface area contributed by atoms with Crippen LogP contribution in [0, 0.1) is 0 Å². The molecule has 100 valence electrons. The number of hydrogen-bond donors (Lipinski definition) is 1. The molecule has 0 radical (unpaired) electrons. The zero-order valence-electron chi connectivity index (χ0n) is 11.3. The number of ether oxygens (including phenoxy) is 1. The minimum Gasteiger partial charge on any atom is -0.380 e. The third-order valence-corrected chi connectivity index (χ3v) is 3.85. The van der Waals surface area contributed by atoms with Crippen molar-refractivity contribution in [3.8, 4) is 0 Å². The van der Waals surface area contributed by atoms with Crippen molar-refractivity contribution in [2.75, 3.05) is 32.8 Å². The van der Waals surface area contributed by atoms with E-state index in [2.05, 4.69) is 17.1 Å². The first-order valence-corrected chi connectivity index (χ1v) is 7.45. The second-order valence-corrected chi connectivity index (χ2v) is 5.49. The van der Waals surface area contributed by atoms with Gasteiger partial charge in [-0.1, -0.05) is 13.3 Å². The Kier molecular flexibility index (Phi) is 5.75. The van der Waals surface area contributed by atoms with Gasteiger partial charge in [0.25, 0.3) is 0 Å². The van der Waals surface area contributed by atoms with E-state index < -0.39 is 0 Å². The average Bonchev–Trinajstić information content (AvgIpc) is 3.06. The van der Waals surface area contributed by atoms with Crippen molar-refractivity contribution in [2.45, 2.75) is 57.5 Å². The third kappa shape index (κ3) is 4.94. The molecule has 0 spiro atoms. The van der Waals surface area contributed by atoms with Crippen LogP contribution in [-0.4, -0.2) is 49.8 Å². The van der Waals surface area contributed by atoms with Crippen LogP contribution in [0.2, 0.25) is 0 Å². The normalized spacial score (nSPS) is 24.7. The van der Waals surface area contributed by atoms with E-state index in [9.17, 15) is 0 Å². The monoisotopic (exact) mass is 240 g/mol. The van der Waals surface area contributed by atoms with Crippen LogP contribution in [0.15, 0.2) is 0 Å². The Morgan fingerprint density at radius 3 is 2.76 bits per heavy atom. The summed E-state index contributed by atoms with van der Waals surface area (Å²) in [6.07, 6.45) is 7.96. The molecular weight excluding hydrogens is 212 g/mol. The van der Waals surface area contributed by atoms with E-state index in [4.69, 9.17) is 4.74 Å². The quantitative estimate of drug-likeness (QED) is 0.624. The van der Waals surface area contributed by atoms with Gasteiger partial charge < -0.3 is 10.1 Å². The number of hydrogen-bond acceptors (Lipinski definition) is 3. The van der Waals surface area contributed by atoms with Crippen LogP contribution < -0.4 is 5.32 Å². The minimum absolute atomic E-state index is 0.742. The van der Waals surface area contributed by atoms with Crippen LogP contribution in [0.1, 0.15) is 45.4 Å². The fourth-order valence-corrected chi connectivity index (χ4v) is 2.59. The van der Waals surface area contributed by atoms with Crippen molar-refractivity contribution < 1.29 is 4.74 Å². The zero-order chi connectivity index (χ0) is 11.9. The highest BCUT2D eigenvalue weighted by Crippen LogP contribution is 2.27. The Balaban J connectivity index is 1.59. The molecular formula is C14H28N2O. The SMILES string of the molecule is CCCCOCCN(CC1CCCN1)C1CC1. The molecule has 1 unspecified atom stereocenters. The minimum atomic E-state index is 0.742. The molecule has 2 aliphatic rings. The van der Waals surface area contributed by atoms with Crippen molar-refractivity contribution in [1.29, 1.82) is 0 Å². The third-order valence-electron chi connectivity index (χ3n) is 3.85. The molecule has 1 N–H and O–H groups in total. The Hall–Kier alpha value is -0.120. The molecule has 2 fully saturated rings. The molecule has 17 heavy (non-hydrogen) atoms. The number of rotatable bonds is 9. The summed E-state index contributed by atoms with van der Waals surface area (Å²) in [5.41, 5.74) is 0. The summed E-state index contributed by atoms with van der Waals surface area (Å²) in [6, 6.07) is 1.61. The van der Waals surface area contributed by atoms with Gasteiger partial charge in [-0.2, -0.15) is 0 Å². The van der Waals surface area contributed by atoms with E-state index in [-0.39, 0.29) is 0 Å². The van der Waals surface area contributed by atoms with Gasteiger partial charge in [-0.05, 0) is 38.6 Å². The van der Waals surface area contributed by atoms with Gasteiger partial charge in [0.1, 0.15) is 0 Å². The average molecular weight is 240 g/mol. The lowest BCUT2D eigenvalue weighted by atomic mass is 10.2. The van der Waals surface area contributed by atoms with Gasteiger partial charge in [-0.3, -0.25) is 4.90 Å². The van der Waals surface area contributed by atoms with E-state index in [0.29, 0.717) is 0 Å². The van der Waals surface area contributed by atoms with E-state index in [1.165, 1.54) is 51.6 Å². The molecule has 0 aromatic heterocycles. The summed E-state index contributed by atoms with van der Waals surface area (Å²) in [6.45, 7) is 7.66. The second kappa shape index (κ2) is 7.34.